The van der Waals surface area contributed by atoms with Crippen LogP contribution >= 0.6 is 15.9 Å². The van der Waals surface area contributed by atoms with E-state index in [0.29, 0.717) is 6.42 Å². The number of hydrogen-bond acceptors (Lipinski definition) is 2. The van der Waals surface area contributed by atoms with Gasteiger partial charge in [-0.05, 0) is 38.0 Å². The normalized spacial score (nSPS) is 11.4. The minimum absolute atomic E-state index is 0.0969. The molecule has 0 radical (unpaired) electrons. The predicted octanol–water partition coefficient (Wildman–Crippen LogP) is 2.58. The summed E-state index contributed by atoms with van der Waals surface area (Å²) in [6.07, 6.45) is 1.24. The topological polar surface area (TPSA) is 46.3 Å². The molecule has 0 aliphatic carbocycles. The molecule has 1 aromatic rings. The quantitative estimate of drug-likeness (QED) is 0.908. The molecule has 0 saturated carbocycles. The summed E-state index contributed by atoms with van der Waals surface area (Å²) in [5, 5.41) is 0. The Morgan fingerprint density at radius 2 is 1.89 bits per heavy atom. The first-order chi connectivity index (χ1) is 8.28. The second kappa shape index (κ2) is 6.34. The fourth-order valence-electron chi connectivity index (χ4n) is 1.60. The van der Waals surface area contributed by atoms with Crippen molar-refractivity contribution in [2.75, 3.05) is 13.6 Å². The van der Waals surface area contributed by atoms with E-state index in [1.807, 2.05) is 33.0 Å². The summed E-state index contributed by atoms with van der Waals surface area (Å²) in [6.45, 7) is 4.46. The van der Waals surface area contributed by atoms with Crippen molar-refractivity contribution in [2.24, 2.45) is 5.73 Å². The number of halogens is 1. The Bertz CT molecular complexity index is 395. The maximum atomic E-state index is 11.9. The SMILES string of the molecule is CN(CCc1ccc(Br)cc1)C(=O)CC(C)(C)N. The van der Waals surface area contributed by atoms with Gasteiger partial charge in [0.1, 0.15) is 0 Å². The second-order valence-electron chi connectivity index (χ2n) is 5.36. The highest BCUT2D eigenvalue weighted by atomic mass is 79.9. The third kappa shape index (κ3) is 5.65. The zero-order chi connectivity index (χ0) is 13.8. The predicted molar refractivity (Wildman–Crippen MR) is 78.4 cm³/mol. The van der Waals surface area contributed by atoms with Gasteiger partial charge in [0.2, 0.25) is 5.91 Å². The Labute approximate surface area is 117 Å². The molecule has 0 saturated heterocycles. The molecule has 0 fully saturated rings. The molecule has 0 unspecified atom stereocenters. The third-order valence-corrected chi connectivity index (χ3v) is 3.21. The first-order valence-electron chi connectivity index (χ1n) is 6.05. The molecular formula is C14H21BrN2O. The summed E-state index contributed by atoms with van der Waals surface area (Å²) < 4.78 is 1.07. The van der Waals surface area contributed by atoms with E-state index in [0.717, 1.165) is 17.4 Å². The van der Waals surface area contributed by atoms with E-state index in [4.69, 9.17) is 5.73 Å². The van der Waals surface area contributed by atoms with Crippen LogP contribution in [0.15, 0.2) is 28.7 Å². The lowest BCUT2D eigenvalue weighted by Gasteiger charge is -2.23. The number of benzene rings is 1. The average molecular weight is 313 g/mol. The number of nitrogens with two attached hydrogens (primary N) is 1. The molecule has 1 aromatic carbocycles. The van der Waals surface area contributed by atoms with E-state index < -0.39 is 5.54 Å². The van der Waals surface area contributed by atoms with Crippen molar-refractivity contribution < 1.29 is 4.79 Å². The lowest BCUT2D eigenvalue weighted by Crippen LogP contribution is -2.40. The number of carbonyl (C=O) groups excluding carboxylic acids is 1. The van der Waals surface area contributed by atoms with Crippen LogP contribution in [-0.4, -0.2) is 29.9 Å². The van der Waals surface area contributed by atoms with Crippen LogP contribution in [0, 0.1) is 0 Å². The van der Waals surface area contributed by atoms with Crippen LogP contribution in [0.3, 0.4) is 0 Å². The highest BCUT2D eigenvalue weighted by Gasteiger charge is 2.18. The van der Waals surface area contributed by atoms with Gasteiger partial charge in [-0.15, -0.1) is 0 Å². The van der Waals surface area contributed by atoms with Crippen LogP contribution in [0.25, 0.3) is 0 Å². The van der Waals surface area contributed by atoms with Gasteiger partial charge in [0.25, 0.3) is 0 Å². The lowest BCUT2D eigenvalue weighted by molar-refractivity contribution is -0.130. The van der Waals surface area contributed by atoms with Crippen molar-refractivity contribution in [3.63, 3.8) is 0 Å². The Kier molecular flexibility index (Phi) is 5.35. The smallest absolute Gasteiger partial charge is 0.224 e. The molecule has 1 amide bonds. The Balaban J connectivity index is 2.43. The zero-order valence-corrected chi connectivity index (χ0v) is 12.8. The van der Waals surface area contributed by atoms with Gasteiger partial charge in [-0.3, -0.25) is 4.79 Å². The molecule has 3 nitrogen and oxygen atoms in total. The molecule has 0 atom stereocenters. The second-order valence-corrected chi connectivity index (χ2v) is 6.27. The van der Waals surface area contributed by atoms with Crippen LogP contribution in [-0.2, 0) is 11.2 Å². The number of carbonyl (C=O) groups is 1. The third-order valence-electron chi connectivity index (χ3n) is 2.68. The van der Waals surface area contributed by atoms with E-state index in [9.17, 15) is 4.79 Å². The Morgan fingerprint density at radius 1 is 1.33 bits per heavy atom. The summed E-state index contributed by atoms with van der Waals surface area (Å²) in [5.41, 5.74) is 6.63. The largest absolute Gasteiger partial charge is 0.345 e. The molecule has 2 N–H and O–H groups in total. The number of hydrogen-bond donors (Lipinski definition) is 1. The van der Waals surface area contributed by atoms with Crippen LogP contribution in [0.2, 0.25) is 0 Å². The molecule has 100 valence electrons. The van der Waals surface area contributed by atoms with Crippen molar-refractivity contribution in [1.82, 2.24) is 4.90 Å². The summed E-state index contributed by atoms with van der Waals surface area (Å²) in [4.78, 5) is 13.6. The maximum absolute atomic E-state index is 11.9. The molecule has 0 spiro atoms. The molecule has 4 heteroatoms. The fourth-order valence-corrected chi connectivity index (χ4v) is 1.86. The van der Waals surface area contributed by atoms with E-state index in [2.05, 4.69) is 28.1 Å². The molecule has 0 aliphatic rings. The fraction of sp³-hybridized carbons (Fsp3) is 0.500. The van der Waals surface area contributed by atoms with E-state index in [1.165, 1.54) is 5.56 Å². The molecule has 1 rings (SSSR count). The van der Waals surface area contributed by atoms with Crippen molar-refractivity contribution >= 4 is 21.8 Å². The number of likely N-dealkylation sites (N-methyl/N-ethyl adjacent to an activating group) is 1. The van der Waals surface area contributed by atoms with Crippen LogP contribution in [0.1, 0.15) is 25.8 Å². The monoisotopic (exact) mass is 312 g/mol. The standard InChI is InChI=1S/C14H21BrN2O/c1-14(2,16)10-13(18)17(3)9-8-11-4-6-12(15)7-5-11/h4-7H,8-10,16H2,1-3H3. The van der Waals surface area contributed by atoms with Crippen molar-refractivity contribution in [3.05, 3.63) is 34.3 Å². The highest BCUT2D eigenvalue weighted by Crippen LogP contribution is 2.12. The van der Waals surface area contributed by atoms with Gasteiger partial charge < -0.3 is 10.6 Å². The molecular weight excluding hydrogens is 292 g/mol. The molecule has 18 heavy (non-hydrogen) atoms. The average Bonchev–Trinajstić information content (AvgIpc) is 2.25. The van der Waals surface area contributed by atoms with Gasteiger partial charge in [-0.1, -0.05) is 28.1 Å². The Hall–Kier alpha value is -0.870. The van der Waals surface area contributed by atoms with Gasteiger partial charge in [-0.25, -0.2) is 0 Å². The van der Waals surface area contributed by atoms with Crippen molar-refractivity contribution in [3.8, 4) is 0 Å². The van der Waals surface area contributed by atoms with Crippen LogP contribution in [0.4, 0.5) is 0 Å². The summed E-state index contributed by atoms with van der Waals surface area (Å²) in [7, 11) is 1.83. The Morgan fingerprint density at radius 3 is 2.39 bits per heavy atom. The zero-order valence-electron chi connectivity index (χ0n) is 11.2. The van der Waals surface area contributed by atoms with Gasteiger partial charge in [0, 0.05) is 30.0 Å². The van der Waals surface area contributed by atoms with Gasteiger partial charge >= 0.3 is 0 Å². The first kappa shape index (κ1) is 15.2. The maximum Gasteiger partial charge on any atom is 0.224 e. The number of nitrogens with zero attached hydrogens (tertiary/aromatic N) is 1. The van der Waals surface area contributed by atoms with E-state index in [-0.39, 0.29) is 5.91 Å². The van der Waals surface area contributed by atoms with Gasteiger partial charge in [0.15, 0.2) is 0 Å². The van der Waals surface area contributed by atoms with Gasteiger partial charge in [0.05, 0.1) is 0 Å². The molecule has 0 heterocycles. The van der Waals surface area contributed by atoms with E-state index in [1.54, 1.807) is 4.90 Å². The number of amides is 1. The summed E-state index contributed by atoms with van der Waals surface area (Å²) in [5.74, 6) is 0.0969. The molecule has 0 aromatic heterocycles. The van der Waals surface area contributed by atoms with Crippen LogP contribution in [0.5, 0.6) is 0 Å². The molecule has 0 bridgehead atoms. The van der Waals surface area contributed by atoms with E-state index >= 15 is 0 Å². The first-order valence-corrected chi connectivity index (χ1v) is 6.84. The summed E-state index contributed by atoms with van der Waals surface area (Å²) >= 11 is 3.40. The lowest BCUT2D eigenvalue weighted by atomic mass is 10.0. The minimum atomic E-state index is -0.442. The van der Waals surface area contributed by atoms with Gasteiger partial charge in [-0.2, -0.15) is 0 Å². The van der Waals surface area contributed by atoms with Crippen molar-refractivity contribution in [2.45, 2.75) is 32.2 Å². The molecule has 0 aliphatic heterocycles. The minimum Gasteiger partial charge on any atom is -0.345 e. The van der Waals surface area contributed by atoms with Crippen molar-refractivity contribution in [1.29, 1.82) is 0 Å². The highest BCUT2D eigenvalue weighted by molar-refractivity contribution is 9.10. The number of rotatable bonds is 5. The summed E-state index contributed by atoms with van der Waals surface area (Å²) in [6, 6.07) is 8.16. The van der Waals surface area contributed by atoms with Crippen LogP contribution < -0.4 is 5.73 Å².